The Balaban J connectivity index is 1.80. The third-order valence-corrected chi connectivity index (χ3v) is 6.91. The monoisotopic (exact) mass is 523 g/mol. The highest BCUT2D eigenvalue weighted by molar-refractivity contribution is 9.10. The van der Waals surface area contributed by atoms with Gasteiger partial charge in [0.15, 0.2) is 5.43 Å². The molecule has 1 amide bonds. The maximum atomic E-state index is 13.7. The first-order valence-electron chi connectivity index (χ1n) is 10.3. The second kappa shape index (κ2) is 8.04. The van der Waals surface area contributed by atoms with Gasteiger partial charge >= 0.3 is 0 Å². The van der Waals surface area contributed by atoms with Crippen molar-refractivity contribution in [3.05, 3.63) is 102 Å². The summed E-state index contributed by atoms with van der Waals surface area (Å²) in [6.45, 7) is 3.89. The minimum atomic E-state index is -0.660. The summed E-state index contributed by atoms with van der Waals surface area (Å²) in [4.78, 5) is 29.0. The molecule has 2 heterocycles. The van der Waals surface area contributed by atoms with Crippen LogP contribution in [0.1, 0.15) is 38.9 Å². The minimum Gasteiger partial charge on any atom is -0.495 e. The lowest BCUT2D eigenvalue weighted by molar-refractivity contribution is 0.0971. The average Bonchev–Trinajstić information content (AvgIpc) is 3.08. The number of fused-ring (bicyclic) bond motifs is 2. The zero-order chi connectivity index (χ0) is 23.4. The van der Waals surface area contributed by atoms with Crippen molar-refractivity contribution in [2.24, 2.45) is 0 Å². The lowest BCUT2D eigenvalue weighted by Gasteiger charge is -2.25. The smallest absolute Gasteiger partial charge is 0.295 e. The van der Waals surface area contributed by atoms with Crippen molar-refractivity contribution in [1.29, 1.82) is 0 Å². The van der Waals surface area contributed by atoms with Crippen molar-refractivity contribution in [1.82, 2.24) is 0 Å². The molecule has 3 aromatic carbocycles. The zero-order valence-corrected chi connectivity index (χ0v) is 20.5. The number of carbonyl (C=O) groups excluding carboxylic acids is 1. The van der Waals surface area contributed by atoms with E-state index in [4.69, 9.17) is 20.8 Å². The van der Waals surface area contributed by atoms with Gasteiger partial charge in [0.05, 0.1) is 29.1 Å². The molecule has 7 heteroatoms. The summed E-state index contributed by atoms with van der Waals surface area (Å²) in [5, 5.41) is 0.824. The number of hydrogen-bond acceptors (Lipinski definition) is 4. The largest absolute Gasteiger partial charge is 0.495 e. The third-order valence-electron chi connectivity index (χ3n) is 6.09. The Morgan fingerprint density at radius 3 is 2.36 bits per heavy atom. The van der Waals surface area contributed by atoms with E-state index >= 15 is 0 Å². The minimum absolute atomic E-state index is 0.0515. The molecular weight excluding hydrogens is 506 g/mol. The van der Waals surface area contributed by atoms with Crippen molar-refractivity contribution in [3.63, 3.8) is 0 Å². The van der Waals surface area contributed by atoms with Crippen LogP contribution in [0.3, 0.4) is 0 Å². The normalized spacial score (nSPS) is 15.2. The first-order chi connectivity index (χ1) is 15.8. The van der Waals surface area contributed by atoms with E-state index in [2.05, 4.69) is 15.9 Å². The predicted octanol–water partition coefficient (Wildman–Crippen LogP) is 6.58. The summed E-state index contributed by atoms with van der Waals surface area (Å²) in [5.74, 6) is 0.155. The van der Waals surface area contributed by atoms with Crippen LogP contribution in [0.5, 0.6) is 5.75 Å². The number of benzene rings is 3. The molecule has 5 nitrogen and oxygen atoms in total. The van der Waals surface area contributed by atoms with Crippen molar-refractivity contribution < 1.29 is 13.9 Å². The number of amides is 1. The highest BCUT2D eigenvalue weighted by Crippen LogP contribution is 2.43. The summed E-state index contributed by atoms with van der Waals surface area (Å²) in [6.07, 6.45) is 0. The van der Waals surface area contributed by atoms with Crippen LogP contribution in [0.15, 0.2) is 68.3 Å². The summed E-state index contributed by atoms with van der Waals surface area (Å²) in [6, 6.07) is 15.6. The Morgan fingerprint density at radius 2 is 1.70 bits per heavy atom. The molecule has 1 aromatic heterocycles. The van der Waals surface area contributed by atoms with E-state index in [0.717, 1.165) is 21.2 Å². The van der Waals surface area contributed by atoms with Crippen LogP contribution in [0, 0.1) is 13.8 Å². The van der Waals surface area contributed by atoms with Gasteiger partial charge in [0.25, 0.3) is 5.91 Å². The summed E-state index contributed by atoms with van der Waals surface area (Å²) < 4.78 is 12.2. The van der Waals surface area contributed by atoms with Gasteiger partial charge in [0.2, 0.25) is 5.76 Å². The van der Waals surface area contributed by atoms with E-state index in [1.807, 2.05) is 44.2 Å². The predicted molar refractivity (Wildman–Crippen MR) is 133 cm³/mol. The molecular formula is C26H19BrClNO4. The number of rotatable bonds is 3. The number of aryl methyl sites for hydroxylation is 2. The van der Waals surface area contributed by atoms with Crippen molar-refractivity contribution in [2.75, 3.05) is 12.0 Å². The topological polar surface area (TPSA) is 59.8 Å². The quantitative estimate of drug-likeness (QED) is 0.304. The molecule has 0 bridgehead atoms. The van der Waals surface area contributed by atoms with Gasteiger partial charge in [-0.1, -0.05) is 39.7 Å². The summed E-state index contributed by atoms with van der Waals surface area (Å²) >= 11 is 9.83. The van der Waals surface area contributed by atoms with Gasteiger partial charge in [-0.3, -0.25) is 14.5 Å². The van der Waals surface area contributed by atoms with Crippen LogP contribution in [0.25, 0.3) is 11.0 Å². The Bertz CT molecular complexity index is 1490. The Hall–Kier alpha value is -3.09. The molecule has 0 N–H and O–H groups in total. The maximum absolute atomic E-state index is 13.7. The molecule has 1 aliphatic heterocycles. The van der Waals surface area contributed by atoms with Gasteiger partial charge in [0, 0.05) is 10.2 Å². The Labute approximate surface area is 203 Å². The fourth-order valence-corrected chi connectivity index (χ4v) is 4.78. The molecule has 0 fully saturated rings. The number of hydrogen-bond donors (Lipinski definition) is 0. The second-order valence-electron chi connectivity index (χ2n) is 8.05. The van der Waals surface area contributed by atoms with Gasteiger partial charge in [-0.05, 0) is 73.0 Å². The van der Waals surface area contributed by atoms with Gasteiger partial charge < -0.3 is 9.15 Å². The number of methoxy groups -OCH3 is 1. The van der Waals surface area contributed by atoms with Gasteiger partial charge in [-0.2, -0.15) is 0 Å². The molecule has 1 aliphatic rings. The first-order valence-corrected chi connectivity index (χ1v) is 11.5. The third kappa shape index (κ3) is 3.45. The van der Waals surface area contributed by atoms with Crippen LogP contribution in [-0.2, 0) is 0 Å². The average molecular weight is 525 g/mol. The van der Waals surface area contributed by atoms with E-state index < -0.39 is 11.9 Å². The fraction of sp³-hybridized carbons (Fsp3) is 0.154. The molecule has 1 atom stereocenters. The highest BCUT2D eigenvalue weighted by atomic mass is 79.9. The number of nitrogens with zero attached hydrogens (tertiary/aromatic N) is 1. The summed E-state index contributed by atoms with van der Waals surface area (Å²) in [5.41, 5.74) is 3.81. The van der Waals surface area contributed by atoms with Gasteiger partial charge in [0.1, 0.15) is 11.3 Å². The van der Waals surface area contributed by atoms with E-state index in [0.29, 0.717) is 33.0 Å². The fourth-order valence-electron chi connectivity index (χ4n) is 4.26. The van der Waals surface area contributed by atoms with Crippen LogP contribution in [0.4, 0.5) is 5.69 Å². The molecule has 5 rings (SSSR count). The standard InChI is InChI=1S/C26H19BrClNO4/c1-13-10-18-21(11-14(13)2)33-25-22(24(18)30)23(15-4-6-16(27)7-5-15)29(26(25)31)17-8-9-20(32-3)19(28)12-17/h4-12,23H,1-3H3. The van der Waals surface area contributed by atoms with Gasteiger partial charge in [-0.25, -0.2) is 0 Å². The number of carbonyl (C=O) groups is 1. The van der Waals surface area contributed by atoms with E-state index in [-0.39, 0.29) is 11.2 Å². The molecule has 0 saturated heterocycles. The first kappa shape index (κ1) is 21.7. The summed E-state index contributed by atoms with van der Waals surface area (Å²) in [7, 11) is 1.53. The van der Waals surface area contributed by atoms with E-state index in [1.165, 1.54) is 7.11 Å². The van der Waals surface area contributed by atoms with Crippen LogP contribution in [0.2, 0.25) is 5.02 Å². The zero-order valence-electron chi connectivity index (χ0n) is 18.1. The molecule has 0 radical (unpaired) electrons. The van der Waals surface area contributed by atoms with Crippen LogP contribution in [-0.4, -0.2) is 13.0 Å². The number of anilines is 1. The molecule has 0 aliphatic carbocycles. The van der Waals surface area contributed by atoms with Gasteiger partial charge in [-0.15, -0.1) is 0 Å². The van der Waals surface area contributed by atoms with Crippen molar-refractivity contribution in [2.45, 2.75) is 19.9 Å². The molecule has 33 heavy (non-hydrogen) atoms. The van der Waals surface area contributed by atoms with E-state index in [1.54, 1.807) is 29.2 Å². The maximum Gasteiger partial charge on any atom is 0.295 e. The lowest BCUT2D eigenvalue weighted by atomic mass is 9.97. The molecule has 0 spiro atoms. The number of ether oxygens (including phenoxy) is 1. The van der Waals surface area contributed by atoms with E-state index in [9.17, 15) is 9.59 Å². The van der Waals surface area contributed by atoms with Crippen LogP contribution >= 0.6 is 27.5 Å². The SMILES string of the molecule is COc1ccc(N2C(=O)c3oc4cc(C)c(C)cc4c(=O)c3C2c2ccc(Br)cc2)cc1Cl. The second-order valence-corrected chi connectivity index (χ2v) is 9.38. The number of halogens is 2. The molecule has 166 valence electrons. The Morgan fingerprint density at radius 1 is 1.00 bits per heavy atom. The molecule has 0 saturated carbocycles. The van der Waals surface area contributed by atoms with Crippen LogP contribution < -0.4 is 15.1 Å². The molecule has 4 aromatic rings. The van der Waals surface area contributed by atoms with Crippen molar-refractivity contribution >= 4 is 50.1 Å². The lowest BCUT2D eigenvalue weighted by Crippen LogP contribution is -2.29. The Kier molecular flexibility index (Phi) is 5.30. The molecule has 1 unspecified atom stereocenters. The van der Waals surface area contributed by atoms with Crippen molar-refractivity contribution in [3.8, 4) is 5.75 Å². The highest BCUT2D eigenvalue weighted by Gasteiger charge is 2.43.